The Labute approximate surface area is 131 Å². The molecule has 0 amide bonds. The normalized spacial score (nSPS) is 12.9. The van der Waals surface area contributed by atoms with Crippen LogP contribution in [-0.4, -0.2) is 0 Å². The topological polar surface area (TPSA) is 0 Å². The first-order chi connectivity index (χ1) is 7.33. The molecule has 0 N–H and O–H groups in total. The summed E-state index contributed by atoms with van der Waals surface area (Å²) in [7, 11) is 12.7. The molecule has 0 radical (unpaired) electrons. The van der Waals surface area contributed by atoms with Gasteiger partial charge in [-0.15, -0.1) is 0 Å². The molecule has 90 valence electrons. The molecule has 0 bridgehead atoms. The lowest BCUT2D eigenvalue weighted by Crippen LogP contribution is -2.07. The molecule has 0 aliphatic rings. The van der Waals surface area contributed by atoms with Crippen LogP contribution >= 0.6 is 89.7 Å². The third-order valence-corrected chi connectivity index (χ3v) is 6.72. The Morgan fingerprint density at radius 1 is 0.812 bits per heavy atom. The van der Waals surface area contributed by atoms with E-state index in [9.17, 15) is 0 Å². The van der Waals surface area contributed by atoms with E-state index in [0.717, 1.165) is 22.0 Å². The lowest BCUT2D eigenvalue weighted by atomic mass is 10.1. The van der Waals surface area contributed by atoms with E-state index in [1.165, 1.54) is 0 Å². The van der Waals surface area contributed by atoms with Crippen molar-refractivity contribution in [2.24, 2.45) is 0 Å². The molecule has 0 aliphatic heterocycles. The minimum Gasteiger partial charge on any atom is -0.0827 e. The molecule has 0 atom stereocenters. The summed E-state index contributed by atoms with van der Waals surface area (Å²) in [5, 5.41) is 0. The monoisotopic (exact) mass is 374 g/mol. The first-order valence-corrected chi connectivity index (χ1v) is 8.59. The Morgan fingerprint density at radius 3 is 1.50 bits per heavy atom. The fourth-order valence-electron chi connectivity index (χ4n) is 0.970. The molecule has 16 heavy (non-hydrogen) atoms. The predicted molar refractivity (Wildman–Crippen MR) is 80.1 cm³/mol. The highest BCUT2D eigenvalue weighted by Crippen LogP contribution is 2.51. The lowest BCUT2D eigenvalue weighted by Gasteiger charge is -2.20. The smallest absolute Gasteiger partial charge is 0.0827 e. The Balaban J connectivity index is 3.14. The zero-order chi connectivity index (χ0) is 12.4. The fraction of sp³-hybridized carbons (Fsp3) is 0.250. The highest BCUT2D eigenvalue weighted by molar-refractivity contribution is 8.23. The lowest BCUT2D eigenvalue weighted by molar-refractivity contribution is 1.19. The molecule has 0 spiro atoms. The molecule has 0 heterocycles. The quantitative estimate of drug-likeness (QED) is 0.540. The van der Waals surface area contributed by atoms with Crippen LogP contribution in [0.3, 0.4) is 0 Å². The summed E-state index contributed by atoms with van der Waals surface area (Å²) in [5.74, 6) is 0. The maximum absolute atomic E-state index is 5.98. The number of benzene rings is 1. The van der Waals surface area contributed by atoms with E-state index in [4.69, 9.17) is 67.8 Å². The maximum Gasteiger partial charge on any atom is 0.202 e. The minimum absolute atomic E-state index is 0.588. The molecule has 0 aliphatic carbocycles. The SMILES string of the molecule is ClSC(Cl)(Cl)c1cccc(C(Cl)(Cl)SCl)c1. The summed E-state index contributed by atoms with van der Waals surface area (Å²) in [4.78, 5) is 0. The molecular weight excluding hydrogens is 373 g/mol. The summed E-state index contributed by atoms with van der Waals surface area (Å²) in [6.45, 7) is 0. The van der Waals surface area contributed by atoms with Gasteiger partial charge in [-0.3, -0.25) is 0 Å². The summed E-state index contributed by atoms with van der Waals surface area (Å²) in [6, 6.07) is 6.83. The largest absolute Gasteiger partial charge is 0.202 e. The van der Waals surface area contributed by atoms with E-state index in [1.54, 1.807) is 24.3 Å². The van der Waals surface area contributed by atoms with Gasteiger partial charge in [-0.1, -0.05) is 64.6 Å². The van der Waals surface area contributed by atoms with Crippen LogP contribution in [0.15, 0.2) is 24.3 Å². The maximum atomic E-state index is 5.98. The number of hydrogen-bond acceptors (Lipinski definition) is 2. The molecule has 8 heteroatoms. The Bertz CT molecular complexity index is 336. The summed E-state index contributed by atoms with van der Waals surface area (Å²) < 4.78 is -2.50. The third-order valence-electron chi connectivity index (χ3n) is 1.73. The van der Waals surface area contributed by atoms with Crippen LogP contribution in [0.25, 0.3) is 0 Å². The molecule has 0 nitrogen and oxygen atoms in total. The molecule has 1 rings (SSSR count). The second-order valence-electron chi connectivity index (χ2n) is 2.77. The Kier molecular flexibility index (Phi) is 6.10. The first kappa shape index (κ1) is 15.7. The standard InChI is InChI=1S/C8H4Cl6S2/c9-7(10,15-13)5-2-1-3-6(4-5)8(11,12)16-14/h1-4H. The van der Waals surface area contributed by atoms with Crippen molar-refractivity contribution in [3.05, 3.63) is 35.4 Å². The minimum atomic E-state index is -1.25. The van der Waals surface area contributed by atoms with Gasteiger partial charge in [0.15, 0.2) is 0 Å². The van der Waals surface area contributed by atoms with Gasteiger partial charge in [-0.2, -0.15) is 0 Å². The summed E-state index contributed by atoms with van der Waals surface area (Å²) >= 11 is 23.9. The van der Waals surface area contributed by atoms with E-state index in [1.807, 2.05) is 0 Å². The van der Waals surface area contributed by atoms with Crippen molar-refractivity contribution >= 4 is 89.7 Å². The van der Waals surface area contributed by atoms with E-state index in [2.05, 4.69) is 0 Å². The van der Waals surface area contributed by atoms with Gasteiger partial charge in [0.25, 0.3) is 0 Å². The number of halogens is 6. The Hall–Kier alpha value is 1.66. The van der Waals surface area contributed by atoms with Crippen molar-refractivity contribution in [3.8, 4) is 0 Å². The highest BCUT2D eigenvalue weighted by Gasteiger charge is 2.31. The van der Waals surface area contributed by atoms with Gasteiger partial charge in [0.05, 0.1) is 0 Å². The van der Waals surface area contributed by atoms with Crippen molar-refractivity contribution in [1.29, 1.82) is 0 Å². The first-order valence-electron chi connectivity index (χ1n) is 3.79. The summed E-state index contributed by atoms with van der Waals surface area (Å²) in [6.07, 6.45) is 0. The zero-order valence-corrected chi connectivity index (χ0v) is 13.6. The van der Waals surface area contributed by atoms with Crippen LogP contribution in [0.2, 0.25) is 0 Å². The van der Waals surface area contributed by atoms with Gasteiger partial charge in [-0.25, -0.2) is 0 Å². The molecule has 1 aromatic carbocycles. The number of rotatable bonds is 4. The molecule has 0 aromatic heterocycles. The van der Waals surface area contributed by atoms with Gasteiger partial charge in [0.1, 0.15) is 0 Å². The number of alkyl halides is 4. The van der Waals surface area contributed by atoms with Crippen molar-refractivity contribution < 1.29 is 0 Å². The molecule has 0 fully saturated rings. The highest BCUT2D eigenvalue weighted by atomic mass is 35.7. The molecule has 0 unspecified atom stereocenters. The van der Waals surface area contributed by atoms with Gasteiger partial charge >= 0.3 is 0 Å². The average Bonchev–Trinajstić information content (AvgIpc) is 2.29. The molecule has 0 saturated heterocycles. The molecule has 1 aromatic rings. The van der Waals surface area contributed by atoms with Crippen LogP contribution in [-0.2, 0) is 7.33 Å². The van der Waals surface area contributed by atoms with Crippen molar-refractivity contribution in [3.63, 3.8) is 0 Å². The average molecular weight is 377 g/mol. The van der Waals surface area contributed by atoms with Crippen LogP contribution < -0.4 is 0 Å². The number of hydrogen-bond donors (Lipinski definition) is 0. The fourth-order valence-corrected chi connectivity index (χ4v) is 2.41. The van der Waals surface area contributed by atoms with Crippen molar-refractivity contribution in [2.75, 3.05) is 0 Å². The van der Waals surface area contributed by atoms with E-state index in [0.29, 0.717) is 11.1 Å². The summed E-state index contributed by atoms with van der Waals surface area (Å²) in [5.41, 5.74) is 1.18. The van der Waals surface area contributed by atoms with E-state index < -0.39 is 7.33 Å². The van der Waals surface area contributed by atoms with Gasteiger partial charge in [0.2, 0.25) is 7.33 Å². The van der Waals surface area contributed by atoms with Gasteiger partial charge in [0, 0.05) is 0 Å². The second kappa shape index (κ2) is 6.21. The zero-order valence-electron chi connectivity index (χ0n) is 7.39. The van der Waals surface area contributed by atoms with Crippen molar-refractivity contribution in [1.82, 2.24) is 0 Å². The van der Waals surface area contributed by atoms with E-state index in [-0.39, 0.29) is 0 Å². The van der Waals surface area contributed by atoms with Crippen LogP contribution in [0.4, 0.5) is 0 Å². The van der Waals surface area contributed by atoms with Crippen molar-refractivity contribution in [2.45, 2.75) is 7.33 Å². The van der Waals surface area contributed by atoms with E-state index >= 15 is 0 Å². The second-order valence-corrected chi connectivity index (χ2v) is 8.78. The molecular formula is C8H4Cl6S2. The van der Waals surface area contributed by atoms with Crippen LogP contribution in [0, 0.1) is 0 Å². The molecule has 0 saturated carbocycles. The van der Waals surface area contributed by atoms with Gasteiger partial charge in [-0.05, 0) is 60.5 Å². The van der Waals surface area contributed by atoms with Gasteiger partial charge < -0.3 is 0 Å². The predicted octanol–water partition coefficient (Wildman–Crippen LogP) is 6.64. The van der Waals surface area contributed by atoms with Crippen LogP contribution in [0.5, 0.6) is 0 Å². The van der Waals surface area contributed by atoms with Crippen LogP contribution in [0.1, 0.15) is 11.1 Å². The third kappa shape index (κ3) is 3.83. The Morgan fingerprint density at radius 2 is 1.19 bits per heavy atom.